The fourth-order valence-corrected chi connectivity index (χ4v) is 1.75. The number of hydrogen-bond donors (Lipinski definition) is 2. The van der Waals surface area contributed by atoms with Gasteiger partial charge in [-0.25, -0.2) is 14.4 Å². The molecule has 106 valence electrons. The van der Waals surface area contributed by atoms with Crippen LogP contribution in [0.25, 0.3) is 0 Å². The number of amidine groups is 1. The van der Waals surface area contributed by atoms with Crippen molar-refractivity contribution in [2.24, 2.45) is 16.8 Å². The molecule has 1 atom stereocenters. The van der Waals surface area contributed by atoms with Gasteiger partial charge in [0.05, 0.1) is 5.69 Å². The normalized spacial score (nSPS) is 13.4. The monoisotopic (exact) mass is 269 g/mol. The minimum atomic E-state index is -0.404. The Balaban J connectivity index is 2.98. The van der Waals surface area contributed by atoms with Crippen LogP contribution >= 0.6 is 0 Å². The molecular weight excluding hydrogens is 249 g/mol. The van der Waals surface area contributed by atoms with Gasteiger partial charge in [-0.3, -0.25) is 0 Å². The third-order valence-electron chi connectivity index (χ3n) is 2.97. The number of oxime groups is 1. The molecule has 0 aliphatic heterocycles. The van der Waals surface area contributed by atoms with E-state index in [9.17, 15) is 4.39 Å². The van der Waals surface area contributed by atoms with Gasteiger partial charge in [0.1, 0.15) is 12.2 Å². The molecular formula is C12H20FN5O. The highest BCUT2D eigenvalue weighted by Gasteiger charge is 2.19. The molecule has 1 aromatic rings. The second-order valence-electron chi connectivity index (χ2n) is 4.28. The van der Waals surface area contributed by atoms with Gasteiger partial charge < -0.3 is 15.8 Å². The fraction of sp³-hybridized carbons (Fsp3) is 0.583. The molecule has 0 radical (unpaired) electrons. The Morgan fingerprint density at radius 3 is 2.74 bits per heavy atom. The molecule has 0 amide bonds. The topological polar surface area (TPSA) is 87.6 Å². The molecule has 7 heteroatoms. The van der Waals surface area contributed by atoms with E-state index in [1.54, 1.807) is 11.8 Å². The third-order valence-corrected chi connectivity index (χ3v) is 2.97. The number of aromatic nitrogens is 2. The van der Waals surface area contributed by atoms with E-state index in [-0.39, 0.29) is 17.6 Å². The molecule has 1 unspecified atom stereocenters. The highest BCUT2D eigenvalue weighted by molar-refractivity contribution is 5.82. The largest absolute Gasteiger partial charge is 0.409 e. The van der Waals surface area contributed by atoms with E-state index in [1.807, 2.05) is 13.8 Å². The smallest absolute Gasteiger partial charge is 0.187 e. The number of rotatable bonds is 6. The summed E-state index contributed by atoms with van der Waals surface area (Å²) in [7, 11) is 0. The van der Waals surface area contributed by atoms with Crippen molar-refractivity contribution in [3.05, 3.63) is 17.8 Å². The van der Waals surface area contributed by atoms with Gasteiger partial charge >= 0.3 is 0 Å². The molecule has 1 heterocycles. The zero-order valence-electron chi connectivity index (χ0n) is 11.5. The second-order valence-corrected chi connectivity index (χ2v) is 4.28. The maximum atomic E-state index is 14.2. The lowest BCUT2D eigenvalue weighted by Crippen LogP contribution is -2.36. The first-order chi connectivity index (χ1) is 9.04. The molecule has 0 bridgehead atoms. The average Bonchev–Trinajstić information content (AvgIpc) is 2.44. The van der Waals surface area contributed by atoms with E-state index >= 15 is 0 Å². The molecule has 0 aromatic carbocycles. The summed E-state index contributed by atoms with van der Waals surface area (Å²) in [5.74, 6) is -0.237. The second kappa shape index (κ2) is 6.86. The lowest BCUT2D eigenvalue weighted by Gasteiger charge is -2.25. The summed E-state index contributed by atoms with van der Waals surface area (Å²) in [5.41, 5.74) is 5.93. The Labute approximate surface area is 112 Å². The van der Waals surface area contributed by atoms with Crippen molar-refractivity contribution in [2.45, 2.75) is 27.2 Å². The summed E-state index contributed by atoms with van der Waals surface area (Å²) in [6.45, 7) is 6.53. The van der Waals surface area contributed by atoms with Gasteiger partial charge in [-0.1, -0.05) is 19.0 Å². The number of halogens is 1. The SMILES string of the molecule is CCc1ncnc(N(CC)CC(C)C(N)=NO)c1F. The molecule has 1 aromatic heterocycles. The van der Waals surface area contributed by atoms with Crippen molar-refractivity contribution in [1.29, 1.82) is 0 Å². The number of nitrogens with two attached hydrogens (primary N) is 1. The van der Waals surface area contributed by atoms with Crippen molar-refractivity contribution in [2.75, 3.05) is 18.0 Å². The summed E-state index contributed by atoms with van der Waals surface area (Å²) >= 11 is 0. The maximum Gasteiger partial charge on any atom is 0.187 e. The van der Waals surface area contributed by atoms with Crippen LogP contribution in [-0.2, 0) is 6.42 Å². The predicted octanol–water partition coefficient (Wildman–Crippen LogP) is 1.39. The van der Waals surface area contributed by atoms with Gasteiger partial charge in [0.25, 0.3) is 0 Å². The Bertz CT molecular complexity index is 452. The molecule has 19 heavy (non-hydrogen) atoms. The molecule has 0 aliphatic carbocycles. The molecule has 0 aliphatic rings. The average molecular weight is 269 g/mol. The van der Waals surface area contributed by atoms with Gasteiger partial charge in [-0.15, -0.1) is 0 Å². The van der Waals surface area contributed by atoms with E-state index in [4.69, 9.17) is 10.9 Å². The summed E-state index contributed by atoms with van der Waals surface area (Å²) in [6.07, 6.45) is 1.86. The van der Waals surface area contributed by atoms with Crippen LogP contribution < -0.4 is 10.6 Å². The van der Waals surface area contributed by atoms with E-state index in [0.29, 0.717) is 25.2 Å². The van der Waals surface area contributed by atoms with E-state index in [1.165, 1.54) is 6.33 Å². The quantitative estimate of drug-likeness (QED) is 0.352. The van der Waals surface area contributed by atoms with Crippen molar-refractivity contribution in [1.82, 2.24) is 9.97 Å². The lowest BCUT2D eigenvalue weighted by molar-refractivity contribution is 0.314. The van der Waals surface area contributed by atoms with Gasteiger partial charge in [-0.2, -0.15) is 0 Å². The summed E-state index contributed by atoms with van der Waals surface area (Å²) in [4.78, 5) is 9.65. The Hall–Kier alpha value is -1.92. The maximum absolute atomic E-state index is 14.2. The first-order valence-electron chi connectivity index (χ1n) is 6.26. The van der Waals surface area contributed by atoms with Crippen molar-refractivity contribution in [3.8, 4) is 0 Å². The molecule has 0 saturated carbocycles. The third kappa shape index (κ3) is 3.52. The van der Waals surface area contributed by atoms with Crippen LogP contribution in [0, 0.1) is 11.7 Å². The van der Waals surface area contributed by atoms with Gasteiger partial charge in [0.15, 0.2) is 11.6 Å². The standard InChI is InChI=1S/C12H20FN5O/c1-4-9-10(13)12(16-7-15-9)18(5-2)6-8(3)11(14)17-19/h7-8,19H,4-6H2,1-3H3,(H2,14,17). The molecule has 6 nitrogen and oxygen atoms in total. The van der Waals surface area contributed by atoms with Gasteiger partial charge in [-0.05, 0) is 13.3 Å². The van der Waals surface area contributed by atoms with Gasteiger partial charge in [0, 0.05) is 19.0 Å². The molecule has 1 rings (SSSR count). The zero-order chi connectivity index (χ0) is 14.4. The minimum absolute atomic E-state index is 0.114. The molecule has 3 N–H and O–H groups in total. The number of hydrogen-bond acceptors (Lipinski definition) is 5. The molecule has 0 spiro atoms. The van der Waals surface area contributed by atoms with E-state index < -0.39 is 5.82 Å². The molecule has 0 fully saturated rings. The van der Waals surface area contributed by atoms with Crippen molar-refractivity contribution < 1.29 is 9.60 Å². The molecule has 0 saturated heterocycles. The first kappa shape index (κ1) is 15.1. The van der Waals surface area contributed by atoms with Crippen LogP contribution in [0.3, 0.4) is 0 Å². The minimum Gasteiger partial charge on any atom is -0.409 e. The summed E-state index contributed by atoms with van der Waals surface area (Å²) < 4.78 is 14.2. The van der Waals surface area contributed by atoms with E-state index in [2.05, 4.69) is 15.1 Å². The lowest BCUT2D eigenvalue weighted by atomic mass is 10.1. The predicted molar refractivity (Wildman–Crippen MR) is 71.8 cm³/mol. The number of nitrogens with zero attached hydrogens (tertiary/aromatic N) is 4. The van der Waals surface area contributed by atoms with Crippen LogP contribution in [0.4, 0.5) is 10.2 Å². The highest BCUT2D eigenvalue weighted by atomic mass is 19.1. The number of aryl methyl sites for hydroxylation is 1. The Morgan fingerprint density at radius 2 is 2.21 bits per heavy atom. The van der Waals surface area contributed by atoms with E-state index in [0.717, 1.165) is 0 Å². The van der Waals surface area contributed by atoms with Crippen LogP contribution in [0.15, 0.2) is 11.5 Å². The number of anilines is 1. The van der Waals surface area contributed by atoms with Crippen LogP contribution in [0.1, 0.15) is 26.5 Å². The summed E-state index contributed by atoms with van der Waals surface area (Å²) in [6, 6.07) is 0. The first-order valence-corrected chi connectivity index (χ1v) is 6.26. The van der Waals surface area contributed by atoms with Crippen LogP contribution in [0.2, 0.25) is 0 Å². The van der Waals surface area contributed by atoms with Crippen molar-refractivity contribution in [3.63, 3.8) is 0 Å². The Morgan fingerprint density at radius 1 is 1.53 bits per heavy atom. The summed E-state index contributed by atoms with van der Waals surface area (Å²) in [5, 5.41) is 11.6. The fourth-order valence-electron chi connectivity index (χ4n) is 1.75. The van der Waals surface area contributed by atoms with Crippen molar-refractivity contribution >= 4 is 11.7 Å². The Kier molecular flexibility index (Phi) is 5.47. The van der Waals surface area contributed by atoms with Gasteiger partial charge in [0.2, 0.25) is 0 Å². The van der Waals surface area contributed by atoms with Crippen LogP contribution in [0.5, 0.6) is 0 Å². The highest BCUT2D eigenvalue weighted by Crippen LogP contribution is 2.19. The zero-order valence-corrected chi connectivity index (χ0v) is 11.5. The van der Waals surface area contributed by atoms with Crippen LogP contribution in [-0.4, -0.2) is 34.1 Å².